The molecule has 0 saturated heterocycles. The highest BCUT2D eigenvalue weighted by Gasteiger charge is 2.30. The quantitative estimate of drug-likeness (QED) is 0.362. The number of fused-ring (bicyclic) bond motifs is 3. The van der Waals surface area contributed by atoms with Crippen LogP contribution in [0.25, 0.3) is 27.7 Å². The lowest BCUT2D eigenvalue weighted by atomic mass is 10.0. The Morgan fingerprint density at radius 2 is 1.80 bits per heavy atom. The Balaban J connectivity index is 1.43. The van der Waals surface area contributed by atoms with Gasteiger partial charge >= 0.3 is 11.8 Å². The molecule has 5 aromatic rings. The Kier molecular flexibility index (Phi) is 4.67. The molecule has 0 amide bonds. The maximum absolute atomic E-state index is 13.2. The van der Waals surface area contributed by atoms with E-state index in [0.29, 0.717) is 11.1 Å². The molecule has 1 aliphatic carbocycles. The number of hydrogen-bond acceptors (Lipinski definition) is 5. The summed E-state index contributed by atoms with van der Waals surface area (Å²) in [6.45, 7) is 0.0808. The molecule has 0 aliphatic heterocycles. The Labute approximate surface area is 195 Å². The molecule has 7 nitrogen and oxygen atoms in total. The van der Waals surface area contributed by atoms with Gasteiger partial charge in [-0.3, -0.25) is 9.36 Å². The van der Waals surface area contributed by atoms with Gasteiger partial charge in [0.15, 0.2) is 5.65 Å². The molecule has 0 radical (unpaired) electrons. The fourth-order valence-electron chi connectivity index (χ4n) is 4.67. The van der Waals surface area contributed by atoms with Crippen LogP contribution in [0.3, 0.4) is 0 Å². The van der Waals surface area contributed by atoms with Crippen molar-refractivity contribution in [1.82, 2.24) is 19.3 Å². The summed E-state index contributed by atoms with van der Waals surface area (Å²) in [6.07, 6.45) is 1.02. The molecule has 0 bridgehead atoms. The summed E-state index contributed by atoms with van der Waals surface area (Å²) in [5, 5.41) is 5.02. The van der Waals surface area contributed by atoms with Crippen molar-refractivity contribution < 1.29 is 17.6 Å². The largest absolute Gasteiger partial charge is 0.423 e. The first-order chi connectivity index (χ1) is 16.8. The molecule has 0 saturated carbocycles. The van der Waals surface area contributed by atoms with Crippen LogP contribution < -0.4 is 11.2 Å². The molecule has 3 heterocycles. The molecule has 0 spiro atoms. The van der Waals surface area contributed by atoms with Crippen LogP contribution in [0.1, 0.15) is 28.7 Å². The first-order valence-electron chi connectivity index (χ1n) is 11.0. The van der Waals surface area contributed by atoms with E-state index < -0.39 is 22.9 Å². The van der Waals surface area contributed by atoms with Gasteiger partial charge in [0.25, 0.3) is 5.56 Å². The van der Waals surface area contributed by atoms with E-state index in [1.807, 2.05) is 12.1 Å². The lowest BCUT2D eigenvalue weighted by Gasteiger charge is -2.11. The molecule has 3 aromatic heterocycles. The van der Waals surface area contributed by atoms with Crippen molar-refractivity contribution in [2.45, 2.75) is 32.0 Å². The zero-order valence-corrected chi connectivity index (χ0v) is 18.2. The second-order valence-corrected chi connectivity index (χ2v) is 8.58. The highest BCUT2D eigenvalue weighted by atomic mass is 19.4. The van der Waals surface area contributed by atoms with E-state index in [4.69, 9.17) is 4.42 Å². The highest BCUT2D eigenvalue weighted by molar-refractivity contribution is 5.82. The van der Waals surface area contributed by atoms with Crippen LogP contribution in [-0.4, -0.2) is 19.3 Å². The van der Waals surface area contributed by atoms with E-state index in [1.165, 1.54) is 51.1 Å². The molecule has 10 heteroatoms. The fourth-order valence-corrected chi connectivity index (χ4v) is 4.67. The summed E-state index contributed by atoms with van der Waals surface area (Å²) in [6, 6.07) is 9.93. The lowest BCUT2D eigenvalue weighted by molar-refractivity contribution is -0.137. The minimum absolute atomic E-state index is 0.0808. The zero-order chi connectivity index (χ0) is 24.3. The van der Waals surface area contributed by atoms with Crippen molar-refractivity contribution in [1.29, 1.82) is 0 Å². The van der Waals surface area contributed by atoms with Gasteiger partial charge in [-0.05, 0) is 66.3 Å². The first-order valence-corrected chi connectivity index (χ1v) is 11.0. The number of halogens is 3. The standard InChI is InChI=1S/C25H17F3N4O3/c26-25(27,28)17-5-2-6-18(10-17)32-23-20(11-30-32)24(34)31(13-29-23)12-16-9-22(33)35-21-8-15-4-1-3-14(15)7-19(16)21/h2,5-11,13H,1,3-4,12H2. The summed E-state index contributed by atoms with van der Waals surface area (Å²) >= 11 is 0. The van der Waals surface area contributed by atoms with Gasteiger partial charge in [-0.25, -0.2) is 14.5 Å². The molecule has 0 fully saturated rings. The van der Waals surface area contributed by atoms with E-state index in [0.717, 1.165) is 36.8 Å². The van der Waals surface area contributed by atoms with Crippen LogP contribution in [0.15, 0.2) is 69.0 Å². The summed E-state index contributed by atoms with van der Waals surface area (Å²) in [5.41, 5.74) is 2.00. The molecular formula is C25H17F3N4O3. The number of hydrogen-bond donors (Lipinski definition) is 0. The van der Waals surface area contributed by atoms with Crippen LogP contribution in [0.2, 0.25) is 0 Å². The van der Waals surface area contributed by atoms with Crippen LogP contribution >= 0.6 is 0 Å². The Morgan fingerprint density at radius 1 is 1.00 bits per heavy atom. The smallest absolute Gasteiger partial charge is 0.416 e. The number of alkyl halides is 3. The van der Waals surface area contributed by atoms with E-state index >= 15 is 0 Å². The van der Waals surface area contributed by atoms with Gasteiger partial charge in [-0.1, -0.05) is 6.07 Å². The van der Waals surface area contributed by atoms with Crippen molar-refractivity contribution in [3.8, 4) is 5.69 Å². The third-order valence-corrected chi connectivity index (χ3v) is 6.36. The van der Waals surface area contributed by atoms with Gasteiger partial charge in [-0.2, -0.15) is 18.3 Å². The van der Waals surface area contributed by atoms with Crippen LogP contribution in [0.4, 0.5) is 13.2 Å². The number of rotatable bonds is 3. The van der Waals surface area contributed by atoms with Gasteiger partial charge in [0.1, 0.15) is 17.3 Å². The monoisotopic (exact) mass is 478 g/mol. The maximum Gasteiger partial charge on any atom is 0.416 e. The predicted octanol–water partition coefficient (Wildman–Crippen LogP) is 4.24. The molecule has 2 aromatic carbocycles. The second kappa shape index (κ2) is 7.66. The highest BCUT2D eigenvalue weighted by Crippen LogP contribution is 2.31. The van der Waals surface area contributed by atoms with Crippen LogP contribution in [0, 0.1) is 0 Å². The normalized spacial score (nSPS) is 13.6. The third-order valence-electron chi connectivity index (χ3n) is 6.36. The Bertz CT molecular complexity index is 1750. The molecule has 0 atom stereocenters. The Morgan fingerprint density at radius 3 is 2.60 bits per heavy atom. The van der Waals surface area contributed by atoms with Crippen LogP contribution in [-0.2, 0) is 25.6 Å². The SMILES string of the molecule is O=c1cc(Cn2cnc3c(cnn3-c3cccc(C(F)(F)F)c3)c2=O)c2cc3c(cc2o1)CCC3. The van der Waals surface area contributed by atoms with E-state index in [9.17, 15) is 22.8 Å². The third kappa shape index (κ3) is 3.61. The van der Waals surface area contributed by atoms with Gasteiger partial charge in [0, 0.05) is 11.5 Å². The van der Waals surface area contributed by atoms with Crippen molar-refractivity contribution in [2.75, 3.05) is 0 Å². The van der Waals surface area contributed by atoms with Crippen LogP contribution in [0.5, 0.6) is 0 Å². The zero-order valence-electron chi connectivity index (χ0n) is 18.2. The van der Waals surface area contributed by atoms with Gasteiger partial charge in [-0.15, -0.1) is 0 Å². The summed E-state index contributed by atoms with van der Waals surface area (Å²) in [7, 11) is 0. The minimum Gasteiger partial charge on any atom is -0.423 e. The van der Waals surface area contributed by atoms with E-state index in [-0.39, 0.29) is 23.3 Å². The molecular weight excluding hydrogens is 461 g/mol. The van der Waals surface area contributed by atoms with Crippen molar-refractivity contribution in [3.05, 3.63) is 98.0 Å². The topological polar surface area (TPSA) is 82.9 Å². The average Bonchev–Trinajstić information content (AvgIpc) is 3.46. The Hall–Kier alpha value is -4.21. The van der Waals surface area contributed by atoms with Gasteiger partial charge < -0.3 is 4.42 Å². The molecule has 0 unspecified atom stereocenters. The summed E-state index contributed by atoms with van der Waals surface area (Å²) in [4.78, 5) is 29.7. The maximum atomic E-state index is 13.2. The second-order valence-electron chi connectivity index (χ2n) is 8.58. The van der Waals surface area contributed by atoms with Gasteiger partial charge in [0.2, 0.25) is 0 Å². The van der Waals surface area contributed by atoms with Crippen molar-refractivity contribution >= 4 is 22.0 Å². The first kappa shape index (κ1) is 21.3. The number of nitrogens with zero attached hydrogens (tertiary/aromatic N) is 4. The van der Waals surface area contributed by atoms with Gasteiger partial charge in [0.05, 0.1) is 24.0 Å². The van der Waals surface area contributed by atoms with E-state index in [2.05, 4.69) is 10.1 Å². The van der Waals surface area contributed by atoms with Crippen molar-refractivity contribution in [2.24, 2.45) is 0 Å². The lowest BCUT2D eigenvalue weighted by Crippen LogP contribution is -2.22. The molecule has 176 valence electrons. The average molecular weight is 478 g/mol. The molecule has 35 heavy (non-hydrogen) atoms. The molecule has 1 aliphatic rings. The molecule has 0 N–H and O–H groups in total. The van der Waals surface area contributed by atoms with E-state index in [1.54, 1.807) is 0 Å². The number of benzene rings is 2. The number of aryl methyl sites for hydroxylation is 2. The fraction of sp³-hybridized carbons (Fsp3) is 0.200. The number of aromatic nitrogens is 4. The molecule has 6 rings (SSSR count). The predicted molar refractivity (Wildman–Crippen MR) is 122 cm³/mol. The minimum atomic E-state index is -4.51. The van der Waals surface area contributed by atoms with Crippen molar-refractivity contribution in [3.63, 3.8) is 0 Å². The summed E-state index contributed by atoms with van der Waals surface area (Å²) < 4.78 is 47.3. The summed E-state index contributed by atoms with van der Waals surface area (Å²) in [5.74, 6) is 0.